The zero-order valence-corrected chi connectivity index (χ0v) is 35.1. The van der Waals surface area contributed by atoms with Gasteiger partial charge in [0.1, 0.15) is 23.7 Å². The number of carbonyl (C=O) groups excluding carboxylic acids is 4. The van der Waals surface area contributed by atoms with Crippen molar-refractivity contribution in [1.29, 1.82) is 0 Å². The van der Waals surface area contributed by atoms with Gasteiger partial charge in [-0.3, -0.25) is 9.59 Å². The summed E-state index contributed by atoms with van der Waals surface area (Å²) in [5.74, 6) is 1.47. The molecule has 61 heavy (non-hydrogen) atoms. The summed E-state index contributed by atoms with van der Waals surface area (Å²) in [4.78, 5) is 71.8. The van der Waals surface area contributed by atoms with Crippen molar-refractivity contribution in [3.63, 3.8) is 0 Å². The van der Waals surface area contributed by atoms with Crippen LogP contribution in [0.25, 0.3) is 44.4 Å². The van der Waals surface area contributed by atoms with Gasteiger partial charge in [-0.1, -0.05) is 62.4 Å². The largest absolute Gasteiger partial charge is 0.453 e. The van der Waals surface area contributed by atoms with Gasteiger partial charge in [-0.15, -0.1) is 0 Å². The molecule has 3 fully saturated rings. The predicted molar refractivity (Wildman–Crippen MR) is 229 cm³/mol. The number of rotatable bonds is 11. The van der Waals surface area contributed by atoms with Gasteiger partial charge in [-0.05, 0) is 90.0 Å². The summed E-state index contributed by atoms with van der Waals surface area (Å²) in [5, 5.41) is 7.67. The highest BCUT2D eigenvalue weighted by molar-refractivity contribution is 5.91. The van der Waals surface area contributed by atoms with Gasteiger partial charge in [0, 0.05) is 31.9 Å². The summed E-state index contributed by atoms with van der Waals surface area (Å²) in [6.45, 7) is 6.28. The molecule has 0 spiro atoms. The number of alkyl carbamates (subject to hydrolysis) is 2. The van der Waals surface area contributed by atoms with E-state index in [1.54, 1.807) is 0 Å². The van der Waals surface area contributed by atoms with Crippen LogP contribution in [0.4, 0.5) is 9.59 Å². The molecule has 15 nitrogen and oxygen atoms in total. The molecule has 3 aliphatic rings. The summed E-state index contributed by atoms with van der Waals surface area (Å²) in [6.07, 6.45) is 6.65. The maximum absolute atomic E-state index is 14.0. The third kappa shape index (κ3) is 8.83. The van der Waals surface area contributed by atoms with Gasteiger partial charge >= 0.3 is 12.2 Å². The van der Waals surface area contributed by atoms with E-state index in [1.165, 1.54) is 14.2 Å². The maximum Gasteiger partial charge on any atom is 0.407 e. The van der Waals surface area contributed by atoms with Crippen LogP contribution in [0, 0.1) is 11.8 Å². The first-order valence-electron chi connectivity index (χ1n) is 21.3. The molecule has 15 heteroatoms. The second-order valence-corrected chi connectivity index (χ2v) is 16.4. The molecular weight excluding hydrogens is 777 g/mol. The lowest BCUT2D eigenvalue weighted by Gasteiger charge is -2.34. The summed E-state index contributed by atoms with van der Waals surface area (Å²) in [6, 6.07) is 19.3. The van der Waals surface area contributed by atoms with E-state index in [0.29, 0.717) is 45.6 Å². The number of nitrogens with zero attached hydrogens (tertiary/aromatic N) is 4. The van der Waals surface area contributed by atoms with Crippen molar-refractivity contribution in [2.75, 3.05) is 40.5 Å². The van der Waals surface area contributed by atoms with E-state index in [9.17, 15) is 19.2 Å². The van der Waals surface area contributed by atoms with Gasteiger partial charge < -0.3 is 44.6 Å². The maximum atomic E-state index is 14.0. The molecule has 0 bridgehead atoms. The first kappa shape index (κ1) is 41.5. The van der Waals surface area contributed by atoms with Crippen LogP contribution in [0.5, 0.6) is 0 Å². The van der Waals surface area contributed by atoms with E-state index >= 15 is 0 Å². The molecule has 5 aromatic rings. The lowest BCUT2D eigenvalue weighted by Crippen LogP contribution is -2.53. The Bertz CT molecular complexity index is 2370. The molecule has 2 unspecified atom stereocenters. The topological polar surface area (TPSA) is 184 Å². The molecule has 3 saturated heterocycles. The van der Waals surface area contributed by atoms with E-state index in [-0.39, 0.29) is 35.7 Å². The van der Waals surface area contributed by atoms with Gasteiger partial charge in [0.05, 0.1) is 50.1 Å². The fraction of sp³-hybridized carbons (Fsp3) is 0.435. The minimum absolute atomic E-state index is 0.0276. The molecule has 0 saturated carbocycles. The number of fused-ring (bicyclic) bond motifs is 1. The third-order valence-corrected chi connectivity index (χ3v) is 12.5. The van der Waals surface area contributed by atoms with Crippen molar-refractivity contribution < 1.29 is 33.4 Å². The number of hydrogen-bond acceptors (Lipinski definition) is 9. The molecule has 320 valence electrons. The van der Waals surface area contributed by atoms with Crippen LogP contribution >= 0.6 is 0 Å². The number of carbonyl (C=O) groups is 4. The number of aromatic nitrogens is 4. The van der Waals surface area contributed by atoms with Gasteiger partial charge in [-0.25, -0.2) is 19.6 Å². The summed E-state index contributed by atoms with van der Waals surface area (Å²) < 4.78 is 15.1. The Morgan fingerprint density at radius 2 is 1.34 bits per heavy atom. The number of benzene rings is 3. The average Bonchev–Trinajstić information content (AvgIpc) is 4.14. The van der Waals surface area contributed by atoms with E-state index in [4.69, 9.17) is 24.2 Å². The molecule has 4 N–H and O–H groups in total. The number of ether oxygens (including phenoxy) is 3. The predicted octanol–water partition coefficient (Wildman–Crippen LogP) is 7.15. The van der Waals surface area contributed by atoms with Crippen LogP contribution in [-0.2, 0) is 23.8 Å². The van der Waals surface area contributed by atoms with Gasteiger partial charge in [-0.2, -0.15) is 0 Å². The summed E-state index contributed by atoms with van der Waals surface area (Å²) in [7, 11) is 2.60. The number of amides is 4. The number of nitrogens with one attached hydrogen (secondary N) is 4. The SMILES string of the molecule is CCC(NC(=O)OC)C(=O)N1C[C@H](C)C[C@H]1c1ncc(-c2ccc(-c3ccc4cc(-c5cnc([C@@H]6CCCN6C(=O)C(NC(=O)OC)C6CCOCC6)[nH]5)ccc4c3)cc2)[nH]1. The number of methoxy groups -OCH3 is 2. The van der Waals surface area contributed by atoms with E-state index in [2.05, 4.69) is 88.2 Å². The molecule has 0 radical (unpaired) electrons. The Morgan fingerprint density at radius 3 is 2.02 bits per heavy atom. The standard InChI is InChI=1S/C46H54N8O7/c1-5-35(51-45(57)59-3)43(55)54-26-27(2)21-39(54)42-48-24-36(49-42)29-10-8-28(9-11-29)31-12-13-33-23-34(15-14-32(33)22-31)37-25-47-41(50-37)38-7-6-18-53(38)44(56)40(52-46(58)60-4)30-16-19-61-20-17-30/h8-15,22-25,27,30,35,38-40H,5-7,16-21,26H2,1-4H3,(H,47,50)(H,48,49)(H,51,57)(H,52,58)/t27-,35?,38+,39+,40?/m1/s1. The van der Waals surface area contributed by atoms with E-state index in [1.807, 2.05) is 29.1 Å². The van der Waals surface area contributed by atoms with Gasteiger partial charge in [0.2, 0.25) is 11.8 Å². The fourth-order valence-electron chi connectivity index (χ4n) is 9.14. The minimum atomic E-state index is -0.685. The third-order valence-electron chi connectivity index (χ3n) is 12.5. The van der Waals surface area contributed by atoms with Crippen molar-refractivity contribution in [3.05, 3.63) is 84.7 Å². The first-order chi connectivity index (χ1) is 29.6. The second kappa shape index (κ2) is 18.2. The van der Waals surface area contributed by atoms with Crippen molar-refractivity contribution in [3.8, 4) is 33.6 Å². The fourth-order valence-corrected chi connectivity index (χ4v) is 9.14. The highest BCUT2D eigenvalue weighted by atomic mass is 16.5. The lowest BCUT2D eigenvalue weighted by atomic mass is 9.90. The molecular formula is C46H54N8O7. The second-order valence-electron chi connectivity index (χ2n) is 16.4. The van der Waals surface area contributed by atoms with E-state index in [0.717, 1.165) is 75.3 Å². The van der Waals surface area contributed by atoms with Crippen molar-refractivity contribution in [2.45, 2.75) is 76.5 Å². The van der Waals surface area contributed by atoms with Crippen LogP contribution in [-0.4, -0.2) is 106 Å². The number of hydrogen-bond donors (Lipinski definition) is 4. The van der Waals surface area contributed by atoms with Gasteiger partial charge in [0.25, 0.3) is 0 Å². The van der Waals surface area contributed by atoms with Crippen molar-refractivity contribution in [1.82, 2.24) is 40.4 Å². The Morgan fingerprint density at radius 1 is 0.754 bits per heavy atom. The number of aromatic amines is 2. The number of imidazole rings is 2. The average molecular weight is 831 g/mol. The Balaban J connectivity index is 0.940. The Labute approximate surface area is 354 Å². The Kier molecular flexibility index (Phi) is 12.4. The molecule has 5 atom stereocenters. The van der Waals surface area contributed by atoms with Crippen LogP contribution in [0.3, 0.4) is 0 Å². The first-order valence-corrected chi connectivity index (χ1v) is 21.3. The smallest absolute Gasteiger partial charge is 0.407 e. The Hall–Kier alpha value is -6.22. The lowest BCUT2D eigenvalue weighted by molar-refractivity contribution is -0.137. The van der Waals surface area contributed by atoms with Crippen molar-refractivity contribution >= 4 is 34.8 Å². The highest BCUT2D eigenvalue weighted by Crippen LogP contribution is 2.37. The zero-order valence-electron chi connectivity index (χ0n) is 35.1. The normalized spacial score (nSPS) is 20.4. The number of likely N-dealkylation sites (tertiary alicyclic amines) is 2. The van der Waals surface area contributed by atoms with Crippen LogP contribution < -0.4 is 10.6 Å². The molecule has 0 aliphatic carbocycles. The number of H-pyrrole nitrogens is 2. The summed E-state index contributed by atoms with van der Waals surface area (Å²) in [5.41, 5.74) is 5.88. The van der Waals surface area contributed by atoms with Gasteiger partial charge in [0.15, 0.2) is 0 Å². The molecule has 2 aromatic heterocycles. The van der Waals surface area contributed by atoms with Crippen LogP contribution in [0.15, 0.2) is 73.1 Å². The highest BCUT2D eigenvalue weighted by Gasteiger charge is 2.41. The molecule has 3 aliphatic heterocycles. The molecule has 5 heterocycles. The molecule has 8 rings (SSSR count). The van der Waals surface area contributed by atoms with Crippen molar-refractivity contribution in [2.24, 2.45) is 11.8 Å². The minimum Gasteiger partial charge on any atom is -0.453 e. The summed E-state index contributed by atoms with van der Waals surface area (Å²) >= 11 is 0. The monoisotopic (exact) mass is 830 g/mol. The zero-order chi connectivity index (χ0) is 42.6. The van der Waals surface area contributed by atoms with Crippen LogP contribution in [0.1, 0.15) is 76.1 Å². The van der Waals surface area contributed by atoms with Crippen LogP contribution in [0.2, 0.25) is 0 Å². The quantitative estimate of drug-likeness (QED) is 0.107. The van der Waals surface area contributed by atoms with E-state index < -0.39 is 24.3 Å². The molecule has 3 aromatic carbocycles. The molecule has 4 amide bonds.